The first-order valence-corrected chi connectivity index (χ1v) is 7.45. The van der Waals surface area contributed by atoms with Gasteiger partial charge in [-0.25, -0.2) is 0 Å². The molecule has 7 heteroatoms. The van der Waals surface area contributed by atoms with Crippen molar-refractivity contribution in [3.05, 3.63) is 54.2 Å². The zero-order chi connectivity index (χ0) is 16.9. The predicted octanol–water partition coefficient (Wildman–Crippen LogP) is 3.17. The SMILES string of the molecule is CC(C)Oc1ccc(C(=O)Nc2nnc(-c3ccccn3)o2)cc1. The molecule has 0 unspecified atom stereocenters. The predicted molar refractivity (Wildman–Crippen MR) is 87.7 cm³/mol. The van der Waals surface area contributed by atoms with Crippen LogP contribution in [0.15, 0.2) is 53.1 Å². The number of nitrogens with one attached hydrogen (secondary N) is 1. The van der Waals surface area contributed by atoms with Crippen molar-refractivity contribution in [2.45, 2.75) is 20.0 Å². The number of pyridine rings is 1. The number of carbonyl (C=O) groups is 1. The van der Waals surface area contributed by atoms with Crippen LogP contribution in [0, 0.1) is 0 Å². The van der Waals surface area contributed by atoms with Crippen molar-refractivity contribution in [2.24, 2.45) is 0 Å². The summed E-state index contributed by atoms with van der Waals surface area (Å²) in [5, 5.41) is 10.2. The third-order valence-electron chi connectivity index (χ3n) is 3.02. The Labute approximate surface area is 138 Å². The second kappa shape index (κ2) is 6.91. The summed E-state index contributed by atoms with van der Waals surface area (Å²) in [4.78, 5) is 16.3. The van der Waals surface area contributed by atoms with Crippen LogP contribution in [0.3, 0.4) is 0 Å². The van der Waals surface area contributed by atoms with E-state index in [2.05, 4.69) is 20.5 Å². The van der Waals surface area contributed by atoms with Gasteiger partial charge >= 0.3 is 6.01 Å². The maximum Gasteiger partial charge on any atom is 0.322 e. The molecular formula is C17H16N4O3. The zero-order valence-electron chi connectivity index (χ0n) is 13.3. The van der Waals surface area contributed by atoms with Crippen molar-refractivity contribution in [1.29, 1.82) is 0 Å². The molecule has 3 rings (SSSR count). The molecule has 0 fully saturated rings. The zero-order valence-corrected chi connectivity index (χ0v) is 13.3. The fraction of sp³-hybridized carbons (Fsp3) is 0.176. The maximum atomic E-state index is 12.2. The molecule has 0 spiro atoms. The molecule has 1 N–H and O–H groups in total. The molecule has 0 aliphatic heterocycles. The van der Waals surface area contributed by atoms with Crippen LogP contribution in [0.4, 0.5) is 6.01 Å². The topological polar surface area (TPSA) is 90.1 Å². The lowest BCUT2D eigenvalue weighted by atomic mass is 10.2. The van der Waals surface area contributed by atoms with E-state index in [1.165, 1.54) is 0 Å². The summed E-state index contributed by atoms with van der Waals surface area (Å²) >= 11 is 0. The highest BCUT2D eigenvalue weighted by Crippen LogP contribution is 2.18. The molecular weight excluding hydrogens is 308 g/mol. The van der Waals surface area contributed by atoms with Gasteiger partial charge < -0.3 is 9.15 Å². The summed E-state index contributed by atoms with van der Waals surface area (Å²) in [6.45, 7) is 3.88. The molecule has 3 aromatic rings. The Morgan fingerprint density at radius 1 is 1.12 bits per heavy atom. The summed E-state index contributed by atoms with van der Waals surface area (Å²) in [6.07, 6.45) is 1.70. The lowest BCUT2D eigenvalue weighted by molar-refractivity contribution is 0.102. The van der Waals surface area contributed by atoms with Crippen molar-refractivity contribution >= 4 is 11.9 Å². The van der Waals surface area contributed by atoms with E-state index in [4.69, 9.17) is 9.15 Å². The minimum atomic E-state index is -0.345. The third kappa shape index (κ3) is 3.75. The minimum absolute atomic E-state index is 0.0168. The van der Waals surface area contributed by atoms with Crippen LogP contribution in [0.2, 0.25) is 0 Å². The van der Waals surface area contributed by atoms with Gasteiger partial charge in [0.1, 0.15) is 11.4 Å². The van der Waals surface area contributed by atoms with Crippen molar-refractivity contribution in [2.75, 3.05) is 5.32 Å². The van der Waals surface area contributed by atoms with Crippen LogP contribution < -0.4 is 10.1 Å². The van der Waals surface area contributed by atoms with Crippen molar-refractivity contribution in [1.82, 2.24) is 15.2 Å². The molecule has 7 nitrogen and oxygen atoms in total. The second-order valence-corrected chi connectivity index (χ2v) is 5.27. The van der Waals surface area contributed by atoms with E-state index in [9.17, 15) is 4.79 Å². The summed E-state index contributed by atoms with van der Waals surface area (Å²) in [5.74, 6) is 0.602. The Morgan fingerprint density at radius 2 is 1.92 bits per heavy atom. The van der Waals surface area contributed by atoms with E-state index < -0.39 is 0 Å². The van der Waals surface area contributed by atoms with Crippen LogP contribution in [0.25, 0.3) is 11.6 Å². The molecule has 0 aliphatic rings. The van der Waals surface area contributed by atoms with Gasteiger partial charge in [-0.2, -0.15) is 0 Å². The second-order valence-electron chi connectivity index (χ2n) is 5.27. The Hall–Kier alpha value is -3.22. The number of amides is 1. The van der Waals surface area contributed by atoms with Gasteiger partial charge in [0, 0.05) is 11.8 Å². The van der Waals surface area contributed by atoms with E-state index in [0.29, 0.717) is 17.0 Å². The van der Waals surface area contributed by atoms with Crippen LogP contribution >= 0.6 is 0 Å². The lowest BCUT2D eigenvalue weighted by Gasteiger charge is -2.09. The smallest absolute Gasteiger partial charge is 0.322 e. The molecule has 24 heavy (non-hydrogen) atoms. The average Bonchev–Trinajstić information content (AvgIpc) is 3.04. The van der Waals surface area contributed by atoms with Crippen LogP contribution in [0.5, 0.6) is 5.75 Å². The number of ether oxygens (including phenoxy) is 1. The van der Waals surface area contributed by atoms with Crippen molar-refractivity contribution < 1.29 is 13.9 Å². The Bertz CT molecular complexity index is 813. The lowest BCUT2D eigenvalue weighted by Crippen LogP contribution is -2.12. The number of carbonyl (C=O) groups excluding carboxylic acids is 1. The monoisotopic (exact) mass is 324 g/mol. The molecule has 0 aliphatic carbocycles. The molecule has 0 radical (unpaired) electrons. The van der Waals surface area contributed by atoms with Gasteiger partial charge in [0.15, 0.2) is 0 Å². The molecule has 2 aromatic heterocycles. The molecule has 122 valence electrons. The first-order chi connectivity index (χ1) is 11.6. The molecule has 0 bridgehead atoms. The van der Waals surface area contributed by atoms with Gasteiger partial charge in [0.25, 0.3) is 11.8 Å². The molecule has 1 aromatic carbocycles. The maximum absolute atomic E-state index is 12.2. The molecule has 2 heterocycles. The fourth-order valence-corrected chi connectivity index (χ4v) is 1.99. The molecule has 0 atom stereocenters. The quantitative estimate of drug-likeness (QED) is 0.775. The van der Waals surface area contributed by atoms with E-state index >= 15 is 0 Å². The summed E-state index contributed by atoms with van der Waals surface area (Å²) in [5.41, 5.74) is 1.00. The molecule has 0 saturated heterocycles. The Balaban J connectivity index is 1.68. The van der Waals surface area contributed by atoms with Crippen molar-refractivity contribution in [3.8, 4) is 17.3 Å². The number of rotatable bonds is 5. The minimum Gasteiger partial charge on any atom is -0.491 e. The summed E-state index contributed by atoms with van der Waals surface area (Å²) in [7, 11) is 0. The Morgan fingerprint density at radius 3 is 2.58 bits per heavy atom. The van der Waals surface area contributed by atoms with E-state index in [1.807, 2.05) is 19.9 Å². The normalized spacial score (nSPS) is 10.6. The summed E-state index contributed by atoms with van der Waals surface area (Å²) in [6, 6.07) is 12.2. The third-order valence-corrected chi connectivity index (χ3v) is 3.02. The number of anilines is 1. The van der Waals surface area contributed by atoms with Crippen LogP contribution in [0.1, 0.15) is 24.2 Å². The number of hydrogen-bond acceptors (Lipinski definition) is 6. The van der Waals surface area contributed by atoms with Crippen LogP contribution in [-0.2, 0) is 0 Å². The van der Waals surface area contributed by atoms with Gasteiger partial charge in [-0.05, 0) is 50.2 Å². The van der Waals surface area contributed by atoms with E-state index in [-0.39, 0.29) is 23.9 Å². The summed E-state index contributed by atoms with van der Waals surface area (Å²) < 4.78 is 10.9. The highest BCUT2D eigenvalue weighted by molar-refractivity contribution is 6.03. The number of aromatic nitrogens is 3. The highest BCUT2D eigenvalue weighted by Gasteiger charge is 2.13. The fourth-order valence-electron chi connectivity index (χ4n) is 1.99. The van der Waals surface area contributed by atoms with Gasteiger partial charge in [-0.3, -0.25) is 15.1 Å². The highest BCUT2D eigenvalue weighted by atomic mass is 16.5. The average molecular weight is 324 g/mol. The number of hydrogen-bond donors (Lipinski definition) is 1. The first-order valence-electron chi connectivity index (χ1n) is 7.45. The molecule has 1 amide bonds. The van der Waals surface area contributed by atoms with Gasteiger partial charge in [0.05, 0.1) is 6.10 Å². The van der Waals surface area contributed by atoms with Gasteiger partial charge in [-0.1, -0.05) is 11.2 Å². The Kier molecular flexibility index (Phi) is 4.51. The first kappa shape index (κ1) is 15.7. The standard InChI is InChI=1S/C17H16N4O3/c1-11(2)23-13-8-6-12(7-9-13)15(22)19-17-21-20-16(24-17)14-5-3-4-10-18-14/h3-11H,1-2H3,(H,19,21,22). The van der Waals surface area contributed by atoms with E-state index in [1.54, 1.807) is 42.6 Å². The number of benzene rings is 1. The van der Waals surface area contributed by atoms with Crippen LogP contribution in [-0.4, -0.2) is 27.2 Å². The van der Waals surface area contributed by atoms with E-state index in [0.717, 1.165) is 0 Å². The molecule has 0 saturated carbocycles. The van der Waals surface area contributed by atoms with Gasteiger partial charge in [0.2, 0.25) is 0 Å². The van der Waals surface area contributed by atoms with Gasteiger partial charge in [-0.15, -0.1) is 5.10 Å². The number of nitrogens with zero attached hydrogens (tertiary/aromatic N) is 3. The largest absolute Gasteiger partial charge is 0.491 e. The van der Waals surface area contributed by atoms with Crippen molar-refractivity contribution in [3.63, 3.8) is 0 Å².